The Kier molecular flexibility index (Phi) is 2.84. The Bertz CT molecular complexity index is 567. The van der Waals surface area contributed by atoms with Crippen LogP contribution in [0.3, 0.4) is 0 Å². The molecule has 84 valence electrons. The van der Waals surface area contributed by atoms with Crippen LogP contribution in [-0.4, -0.2) is 12.0 Å². The van der Waals surface area contributed by atoms with Crippen molar-refractivity contribution in [2.45, 2.75) is 13.8 Å². The molecule has 4 heteroatoms. The van der Waals surface area contributed by atoms with E-state index < -0.39 is 0 Å². The van der Waals surface area contributed by atoms with Gasteiger partial charge in [-0.3, -0.25) is 0 Å². The number of hydrogen-bond donors (Lipinski definition) is 1. The van der Waals surface area contributed by atoms with E-state index in [-0.39, 0.29) is 5.82 Å². The first-order valence-corrected chi connectivity index (χ1v) is 5.77. The molecular formula is C12H12BrFN2. The minimum atomic E-state index is -0.251. The molecule has 0 atom stereocenters. The van der Waals surface area contributed by atoms with Gasteiger partial charge in [-0.15, -0.1) is 0 Å². The molecule has 0 radical (unpaired) electrons. The van der Waals surface area contributed by atoms with Gasteiger partial charge in [0.15, 0.2) is 0 Å². The van der Waals surface area contributed by atoms with Crippen molar-refractivity contribution in [1.29, 1.82) is 0 Å². The number of nitrogens with one attached hydrogen (secondary N) is 1. The highest BCUT2D eigenvalue weighted by Gasteiger charge is 2.11. The van der Waals surface area contributed by atoms with Crippen LogP contribution in [0.25, 0.3) is 10.9 Å². The van der Waals surface area contributed by atoms with E-state index in [9.17, 15) is 4.39 Å². The zero-order valence-corrected chi connectivity index (χ0v) is 10.9. The third kappa shape index (κ3) is 1.67. The number of fused-ring (bicyclic) bond motifs is 1. The second-order valence-electron chi connectivity index (χ2n) is 3.79. The predicted molar refractivity (Wildman–Crippen MR) is 68.4 cm³/mol. The summed E-state index contributed by atoms with van der Waals surface area (Å²) in [5.41, 5.74) is 2.60. The molecule has 0 amide bonds. The van der Waals surface area contributed by atoms with Crippen LogP contribution < -0.4 is 5.32 Å². The van der Waals surface area contributed by atoms with Crippen molar-refractivity contribution >= 4 is 32.7 Å². The molecule has 16 heavy (non-hydrogen) atoms. The molecule has 0 aliphatic rings. The second-order valence-corrected chi connectivity index (χ2v) is 4.64. The van der Waals surface area contributed by atoms with Crippen LogP contribution in [0.5, 0.6) is 0 Å². The van der Waals surface area contributed by atoms with Crippen molar-refractivity contribution in [3.8, 4) is 0 Å². The number of nitrogens with zero attached hydrogens (tertiary/aromatic N) is 1. The number of pyridine rings is 1. The lowest BCUT2D eigenvalue weighted by Gasteiger charge is -2.10. The first-order chi connectivity index (χ1) is 7.54. The Morgan fingerprint density at radius 1 is 1.25 bits per heavy atom. The van der Waals surface area contributed by atoms with Crippen molar-refractivity contribution in [2.75, 3.05) is 12.4 Å². The average Bonchev–Trinajstić information content (AvgIpc) is 2.25. The molecule has 1 aromatic heterocycles. The Balaban J connectivity index is 2.90. The summed E-state index contributed by atoms with van der Waals surface area (Å²) in [6.45, 7) is 3.84. The number of aryl methyl sites for hydroxylation is 2. The fraction of sp³-hybridized carbons (Fsp3) is 0.250. The number of rotatable bonds is 1. The van der Waals surface area contributed by atoms with Crippen molar-refractivity contribution in [3.05, 3.63) is 33.5 Å². The zero-order chi connectivity index (χ0) is 11.9. The van der Waals surface area contributed by atoms with Gasteiger partial charge in [-0.1, -0.05) is 0 Å². The minimum Gasteiger partial charge on any atom is -0.373 e. The maximum absolute atomic E-state index is 13.9. The van der Waals surface area contributed by atoms with Crippen LogP contribution in [-0.2, 0) is 0 Å². The number of halogens is 2. The Morgan fingerprint density at radius 3 is 2.56 bits per heavy atom. The van der Waals surface area contributed by atoms with Crippen molar-refractivity contribution in [2.24, 2.45) is 0 Å². The van der Waals surface area contributed by atoms with E-state index >= 15 is 0 Å². The van der Waals surface area contributed by atoms with Gasteiger partial charge < -0.3 is 5.32 Å². The molecule has 1 aromatic carbocycles. The Hall–Kier alpha value is -1.16. The van der Waals surface area contributed by atoms with Gasteiger partial charge in [0.1, 0.15) is 11.6 Å². The van der Waals surface area contributed by atoms with E-state index in [1.807, 2.05) is 27.0 Å². The molecule has 1 N–H and O–H groups in total. The second kappa shape index (κ2) is 4.01. The molecule has 0 fully saturated rings. The van der Waals surface area contributed by atoms with Gasteiger partial charge in [-0.25, -0.2) is 9.37 Å². The highest BCUT2D eigenvalue weighted by Crippen LogP contribution is 2.29. The summed E-state index contributed by atoms with van der Waals surface area (Å²) in [6, 6.07) is 3.57. The highest BCUT2D eigenvalue weighted by atomic mass is 79.9. The van der Waals surface area contributed by atoms with E-state index in [1.54, 1.807) is 6.07 Å². The summed E-state index contributed by atoms with van der Waals surface area (Å²) in [5.74, 6) is 0.538. The normalized spacial score (nSPS) is 10.8. The fourth-order valence-electron chi connectivity index (χ4n) is 1.78. The minimum absolute atomic E-state index is 0.251. The molecule has 2 rings (SSSR count). The number of hydrogen-bond acceptors (Lipinski definition) is 2. The number of anilines is 1. The molecular weight excluding hydrogens is 271 g/mol. The molecule has 1 heterocycles. The van der Waals surface area contributed by atoms with E-state index in [2.05, 4.69) is 26.2 Å². The van der Waals surface area contributed by atoms with E-state index in [4.69, 9.17) is 0 Å². The number of aromatic nitrogens is 1. The third-order valence-electron chi connectivity index (χ3n) is 2.61. The summed E-state index contributed by atoms with van der Waals surface area (Å²) in [4.78, 5) is 4.42. The summed E-state index contributed by atoms with van der Waals surface area (Å²) < 4.78 is 14.4. The van der Waals surface area contributed by atoms with Gasteiger partial charge in [0.05, 0.1) is 9.99 Å². The van der Waals surface area contributed by atoms with Crippen molar-refractivity contribution in [1.82, 2.24) is 4.98 Å². The SMILES string of the molecule is CNc1nc2c(C)cc(Br)c(F)c2cc1C. The zero-order valence-electron chi connectivity index (χ0n) is 9.36. The lowest BCUT2D eigenvalue weighted by molar-refractivity contribution is 0.632. The summed E-state index contributed by atoms with van der Waals surface area (Å²) in [5, 5.41) is 3.56. The molecule has 2 nitrogen and oxygen atoms in total. The topological polar surface area (TPSA) is 24.9 Å². The molecule has 2 aromatic rings. The summed E-state index contributed by atoms with van der Waals surface area (Å²) in [7, 11) is 1.81. The third-order valence-corrected chi connectivity index (χ3v) is 3.19. The van der Waals surface area contributed by atoms with Gasteiger partial charge in [0.2, 0.25) is 0 Å². The molecule has 0 spiro atoms. The average molecular weight is 283 g/mol. The maximum Gasteiger partial charge on any atom is 0.146 e. The quantitative estimate of drug-likeness (QED) is 0.861. The van der Waals surface area contributed by atoms with Crippen LogP contribution in [0.15, 0.2) is 16.6 Å². The summed E-state index contributed by atoms with van der Waals surface area (Å²) >= 11 is 3.21. The van der Waals surface area contributed by atoms with Gasteiger partial charge >= 0.3 is 0 Å². The van der Waals surface area contributed by atoms with E-state index in [1.165, 1.54) is 0 Å². The standard InChI is InChI=1S/C12H12BrFN2/c1-6-5-9(13)10(14)8-4-7(2)12(15-3)16-11(6)8/h4-5H,1-3H3,(H,15,16). The lowest BCUT2D eigenvalue weighted by atomic mass is 10.1. The van der Waals surface area contributed by atoms with Crippen LogP contribution in [0.1, 0.15) is 11.1 Å². The monoisotopic (exact) mass is 282 g/mol. The van der Waals surface area contributed by atoms with Gasteiger partial charge in [-0.05, 0) is 53.0 Å². The highest BCUT2D eigenvalue weighted by molar-refractivity contribution is 9.10. The van der Waals surface area contributed by atoms with Gasteiger partial charge in [0.25, 0.3) is 0 Å². The molecule has 0 aliphatic carbocycles. The molecule has 0 unspecified atom stereocenters. The van der Waals surface area contributed by atoms with Crippen molar-refractivity contribution < 1.29 is 4.39 Å². The van der Waals surface area contributed by atoms with Crippen LogP contribution in [0.2, 0.25) is 0 Å². The van der Waals surface area contributed by atoms with Crippen LogP contribution >= 0.6 is 15.9 Å². The number of benzene rings is 1. The predicted octanol–water partition coefficient (Wildman–Crippen LogP) is 3.79. The Morgan fingerprint density at radius 2 is 1.94 bits per heavy atom. The first-order valence-electron chi connectivity index (χ1n) is 4.98. The van der Waals surface area contributed by atoms with Crippen LogP contribution in [0, 0.1) is 19.7 Å². The molecule has 0 aliphatic heterocycles. The molecule has 0 saturated carbocycles. The van der Waals surface area contributed by atoms with Crippen LogP contribution in [0.4, 0.5) is 10.2 Å². The summed E-state index contributed by atoms with van der Waals surface area (Å²) in [6.07, 6.45) is 0. The van der Waals surface area contributed by atoms with Gasteiger partial charge in [-0.2, -0.15) is 0 Å². The van der Waals surface area contributed by atoms with E-state index in [0.29, 0.717) is 15.4 Å². The largest absolute Gasteiger partial charge is 0.373 e. The Labute approximate surface area is 102 Å². The first kappa shape index (κ1) is 11.3. The smallest absolute Gasteiger partial charge is 0.146 e. The maximum atomic E-state index is 13.9. The van der Waals surface area contributed by atoms with Crippen molar-refractivity contribution in [3.63, 3.8) is 0 Å². The van der Waals surface area contributed by atoms with Gasteiger partial charge in [0, 0.05) is 12.4 Å². The molecule has 0 bridgehead atoms. The lowest BCUT2D eigenvalue weighted by Crippen LogP contribution is -1.98. The fourth-order valence-corrected chi connectivity index (χ4v) is 2.34. The van der Waals surface area contributed by atoms with E-state index in [0.717, 1.165) is 16.9 Å². The molecule has 0 saturated heterocycles.